The highest BCUT2D eigenvalue weighted by atomic mass is 14.7. The molecule has 0 saturated carbocycles. The Labute approximate surface area is 90.9 Å². The quantitative estimate of drug-likeness (QED) is 0.640. The summed E-state index contributed by atoms with van der Waals surface area (Å²) in [5, 5.41) is 0. The first-order valence-corrected chi connectivity index (χ1v) is 5.30. The lowest BCUT2D eigenvalue weighted by Gasteiger charge is -2.07. The van der Waals surface area contributed by atoms with Crippen molar-refractivity contribution >= 4 is 6.21 Å². The normalized spacial score (nSPS) is 16.3. The standard InChI is InChI=1S/C14H15N/c1-12-7-9-14(10-8-12)15-11-13-5-3-2-4-6-13/h2-7,9,11H,8,10H2,1H3/b15-11+. The summed E-state index contributed by atoms with van der Waals surface area (Å²) in [7, 11) is 0. The molecular formula is C14H15N. The van der Waals surface area contributed by atoms with Gasteiger partial charge < -0.3 is 0 Å². The van der Waals surface area contributed by atoms with Gasteiger partial charge in [-0.25, -0.2) is 0 Å². The molecular weight excluding hydrogens is 182 g/mol. The van der Waals surface area contributed by atoms with E-state index in [1.807, 2.05) is 24.4 Å². The van der Waals surface area contributed by atoms with Gasteiger partial charge in [0.2, 0.25) is 0 Å². The summed E-state index contributed by atoms with van der Waals surface area (Å²) >= 11 is 0. The predicted octanol–water partition coefficient (Wildman–Crippen LogP) is 3.73. The van der Waals surface area contributed by atoms with Crippen molar-refractivity contribution in [3.05, 3.63) is 59.3 Å². The maximum Gasteiger partial charge on any atom is 0.0407 e. The number of rotatable bonds is 2. The second-order valence-electron chi connectivity index (χ2n) is 3.84. The van der Waals surface area contributed by atoms with Crippen LogP contribution in [0.3, 0.4) is 0 Å². The average Bonchev–Trinajstić information content (AvgIpc) is 2.30. The van der Waals surface area contributed by atoms with E-state index in [0.717, 1.165) is 18.4 Å². The fraction of sp³-hybridized carbons (Fsp3) is 0.214. The number of benzene rings is 1. The second-order valence-corrected chi connectivity index (χ2v) is 3.84. The van der Waals surface area contributed by atoms with Crippen molar-refractivity contribution in [3.8, 4) is 0 Å². The van der Waals surface area contributed by atoms with E-state index < -0.39 is 0 Å². The molecule has 1 aromatic carbocycles. The molecule has 15 heavy (non-hydrogen) atoms. The van der Waals surface area contributed by atoms with E-state index in [9.17, 15) is 0 Å². The van der Waals surface area contributed by atoms with Gasteiger partial charge in [0.05, 0.1) is 0 Å². The lowest BCUT2D eigenvalue weighted by Crippen LogP contribution is -1.89. The zero-order chi connectivity index (χ0) is 10.5. The Balaban J connectivity index is 2.07. The van der Waals surface area contributed by atoms with Crippen molar-refractivity contribution in [1.82, 2.24) is 0 Å². The van der Waals surface area contributed by atoms with Crippen molar-refractivity contribution in [2.24, 2.45) is 4.99 Å². The molecule has 0 unspecified atom stereocenters. The number of hydrogen-bond donors (Lipinski definition) is 0. The molecule has 0 amide bonds. The Kier molecular flexibility index (Phi) is 3.13. The Morgan fingerprint density at radius 3 is 2.53 bits per heavy atom. The van der Waals surface area contributed by atoms with Gasteiger partial charge in [-0.3, -0.25) is 4.99 Å². The molecule has 0 aliphatic heterocycles. The van der Waals surface area contributed by atoms with Crippen molar-refractivity contribution in [2.75, 3.05) is 0 Å². The van der Waals surface area contributed by atoms with Gasteiger partial charge in [-0.1, -0.05) is 42.0 Å². The zero-order valence-electron chi connectivity index (χ0n) is 8.98. The van der Waals surface area contributed by atoms with Gasteiger partial charge in [-0.2, -0.15) is 0 Å². The first-order valence-electron chi connectivity index (χ1n) is 5.30. The van der Waals surface area contributed by atoms with Gasteiger partial charge in [-0.05, 0) is 31.4 Å². The van der Waals surface area contributed by atoms with E-state index >= 15 is 0 Å². The molecule has 0 saturated heterocycles. The minimum Gasteiger partial charge on any atom is -0.261 e. The fourth-order valence-electron chi connectivity index (χ4n) is 1.53. The van der Waals surface area contributed by atoms with Crippen LogP contribution >= 0.6 is 0 Å². The summed E-state index contributed by atoms with van der Waals surface area (Å²) in [5.74, 6) is 0. The summed E-state index contributed by atoms with van der Waals surface area (Å²) in [5.41, 5.74) is 3.77. The van der Waals surface area contributed by atoms with Crippen LogP contribution < -0.4 is 0 Å². The van der Waals surface area contributed by atoms with E-state index in [0.29, 0.717) is 0 Å². The van der Waals surface area contributed by atoms with Crippen LogP contribution in [0.25, 0.3) is 0 Å². The SMILES string of the molecule is CC1=CC=C(/N=C/c2ccccc2)CC1. The zero-order valence-corrected chi connectivity index (χ0v) is 8.98. The summed E-state index contributed by atoms with van der Waals surface area (Å²) in [6.07, 6.45) is 8.39. The van der Waals surface area contributed by atoms with E-state index in [1.54, 1.807) is 0 Å². The van der Waals surface area contributed by atoms with E-state index in [-0.39, 0.29) is 0 Å². The van der Waals surface area contributed by atoms with Crippen LogP contribution in [0, 0.1) is 0 Å². The molecule has 0 aromatic heterocycles. The minimum atomic E-state index is 1.06. The van der Waals surface area contributed by atoms with Crippen molar-refractivity contribution in [1.29, 1.82) is 0 Å². The van der Waals surface area contributed by atoms with Crippen molar-refractivity contribution in [2.45, 2.75) is 19.8 Å². The van der Waals surface area contributed by atoms with Crippen LogP contribution in [0.4, 0.5) is 0 Å². The molecule has 1 nitrogen and oxygen atoms in total. The summed E-state index contributed by atoms with van der Waals surface area (Å²) in [6, 6.07) is 10.2. The molecule has 2 rings (SSSR count). The first kappa shape index (κ1) is 9.91. The van der Waals surface area contributed by atoms with E-state index in [2.05, 4.69) is 36.2 Å². The third-order valence-electron chi connectivity index (χ3n) is 2.51. The number of aliphatic imine (C=N–C) groups is 1. The molecule has 0 spiro atoms. The molecule has 1 heteroatoms. The molecule has 1 aliphatic carbocycles. The van der Waals surface area contributed by atoms with Gasteiger partial charge >= 0.3 is 0 Å². The van der Waals surface area contributed by atoms with Crippen LogP contribution in [0.1, 0.15) is 25.3 Å². The Hall–Kier alpha value is -1.63. The predicted molar refractivity (Wildman–Crippen MR) is 65.1 cm³/mol. The number of nitrogens with zero attached hydrogens (tertiary/aromatic N) is 1. The highest BCUT2D eigenvalue weighted by molar-refractivity contribution is 5.80. The third kappa shape index (κ3) is 2.91. The summed E-state index contributed by atoms with van der Waals surface area (Å²) in [6.45, 7) is 2.16. The summed E-state index contributed by atoms with van der Waals surface area (Å²) < 4.78 is 0. The van der Waals surface area contributed by atoms with Crippen LogP contribution in [0.2, 0.25) is 0 Å². The molecule has 0 heterocycles. The Morgan fingerprint density at radius 2 is 1.87 bits per heavy atom. The summed E-state index contributed by atoms with van der Waals surface area (Å²) in [4.78, 5) is 4.48. The van der Waals surface area contributed by atoms with Crippen molar-refractivity contribution < 1.29 is 0 Å². The van der Waals surface area contributed by atoms with E-state index in [1.165, 1.54) is 11.3 Å². The molecule has 0 N–H and O–H groups in total. The van der Waals surface area contributed by atoms with Crippen LogP contribution in [0.15, 0.2) is 58.7 Å². The average molecular weight is 197 g/mol. The van der Waals surface area contributed by atoms with E-state index in [4.69, 9.17) is 0 Å². The highest BCUT2D eigenvalue weighted by Crippen LogP contribution is 2.18. The molecule has 76 valence electrons. The lowest BCUT2D eigenvalue weighted by atomic mass is 10.0. The van der Waals surface area contributed by atoms with Gasteiger partial charge in [-0.15, -0.1) is 0 Å². The van der Waals surface area contributed by atoms with Gasteiger partial charge in [0.15, 0.2) is 0 Å². The Morgan fingerprint density at radius 1 is 1.07 bits per heavy atom. The molecule has 0 radical (unpaired) electrons. The smallest absolute Gasteiger partial charge is 0.0407 e. The van der Waals surface area contributed by atoms with Crippen LogP contribution in [-0.2, 0) is 0 Å². The van der Waals surface area contributed by atoms with Crippen molar-refractivity contribution in [3.63, 3.8) is 0 Å². The van der Waals surface area contributed by atoms with Gasteiger partial charge in [0.1, 0.15) is 0 Å². The Bertz CT molecular complexity index is 410. The van der Waals surface area contributed by atoms with Gasteiger partial charge in [0.25, 0.3) is 0 Å². The maximum absolute atomic E-state index is 4.48. The molecule has 1 aliphatic rings. The number of hydrogen-bond acceptors (Lipinski definition) is 1. The largest absolute Gasteiger partial charge is 0.261 e. The molecule has 0 fully saturated rings. The maximum atomic E-state index is 4.48. The van der Waals surface area contributed by atoms with Crippen LogP contribution in [0.5, 0.6) is 0 Å². The lowest BCUT2D eigenvalue weighted by molar-refractivity contribution is 0.894. The fourth-order valence-corrected chi connectivity index (χ4v) is 1.53. The molecule has 0 atom stereocenters. The monoisotopic (exact) mass is 197 g/mol. The minimum absolute atomic E-state index is 1.06. The molecule has 1 aromatic rings. The third-order valence-corrected chi connectivity index (χ3v) is 2.51. The van der Waals surface area contributed by atoms with Crippen LogP contribution in [-0.4, -0.2) is 6.21 Å². The van der Waals surface area contributed by atoms with Gasteiger partial charge in [0, 0.05) is 11.9 Å². The first-order chi connectivity index (χ1) is 7.34. The number of allylic oxidation sites excluding steroid dienone is 4. The molecule has 0 bridgehead atoms. The highest BCUT2D eigenvalue weighted by Gasteiger charge is 2.00. The topological polar surface area (TPSA) is 12.4 Å². The second kappa shape index (κ2) is 4.74.